The summed E-state index contributed by atoms with van der Waals surface area (Å²) in [6, 6.07) is 17.9. The number of ether oxygens (including phenoxy) is 1. The van der Waals surface area contributed by atoms with Gasteiger partial charge in [-0.2, -0.15) is 0 Å². The van der Waals surface area contributed by atoms with Crippen LogP contribution in [0.1, 0.15) is 12.5 Å². The molecule has 1 N–H and O–H groups in total. The Kier molecular flexibility index (Phi) is 7.63. The number of nitrogens with zero attached hydrogens (tertiary/aromatic N) is 3. The minimum Gasteiger partial charge on any atom is -0.491 e. The molecule has 1 fully saturated rings. The van der Waals surface area contributed by atoms with Gasteiger partial charge in [-0.1, -0.05) is 30.3 Å². The number of carbonyl (C=O) groups excluding carboxylic acids is 1. The van der Waals surface area contributed by atoms with Gasteiger partial charge in [0.05, 0.1) is 0 Å². The molecule has 0 aliphatic carbocycles. The maximum absolute atomic E-state index is 11.4. The third-order valence-electron chi connectivity index (χ3n) is 5.32. The van der Waals surface area contributed by atoms with Crippen LogP contribution in [0.4, 0.5) is 5.69 Å². The highest BCUT2D eigenvalue weighted by Gasteiger charge is 2.19. The van der Waals surface area contributed by atoms with E-state index >= 15 is 0 Å². The van der Waals surface area contributed by atoms with Gasteiger partial charge in [-0.3, -0.25) is 14.6 Å². The largest absolute Gasteiger partial charge is 0.491 e. The molecule has 0 spiro atoms. The second-order valence-corrected chi connectivity index (χ2v) is 7.60. The summed E-state index contributed by atoms with van der Waals surface area (Å²) in [6.45, 7) is 7.31. The fraction of sp³-hybridized carbons (Fsp3) is 0.435. The first kappa shape index (κ1) is 21.3. The number of benzene rings is 2. The smallest absolute Gasteiger partial charge is 0.223 e. The number of aliphatic hydroxyl groups is 1. The molecule has 0 unspecified atom stereocenters. The van der Waals surface area contributed by atoms with Crippen LogP contribution in [0.15, 0.2) is 54.6 Å². The van der Waals surface area contributed by atoms with Crippen LogP contribution in [0.2, 0.25) is 0 Å². The van der Waals surface area contributed by atoms with Crippen molar-refractivity contribution in [2.45, 2.75) is 19.6 Å². The molecule has 1 amide bonds. The lowest BCUT2D eigenvalue weighted by molar-refractivity contribution is -0.116. The number of carbonyl (C=O) groups is 1. The van der Waals surface area contributed by atoms with Gasteiger partial charge in [-0.05, 0) is 29.8 Å². The Labute approximate surface area is 173 Å². The molecule has 0 aromatic heterocycles. The zero-order valence-corrected chi connectivity index (χ0v) is 17.3. The van der Waals surface area contributed by atoms with Crippen molar-refractivity contribution in [1.29, 1.82) is 0 Å². The molecule has 6 nitrogen and oxygen atoms in total. The molecular weight excluding hydrogens is 366 g/mol. The number of aliphatic hydroxyl groups excluding tert-OH is 1. The summed E-state index contributed by atoms with van der Waals surface area (Å²) in [5.74, 6) is 0.676. The SMILES string of the molecule is CC(=O)N(C)c1ccc(OC[C@H](O)CN2CCN(Cc3ccccc3)CC2)cc1. The fourth-order valence-corrected chi connectivity index (χ4v) is 3.46. The van der Waals surface area contributed by atoms with E-state index in [4.69, 9.17) is 4.74 Å². The van der Waals surface area contributed by atoms with Gasteiger partial charge in [0.1, 0.15) is 18.5 Å². The number of β-amino-alcohol motifs (C(OH)–C–C–N with tert-alkyl or cyclic N) is 1. The van der Waals surface area contributed by atoms with Crippen molar-refractivity contribution in [3.8, 4) is 5.75 Å². The molecule has 1 heterocycles. The van der Waals surface area contributed by atoms with Crippen LogP contribution in [0.3, 0.4) is 0 Å². The number of piperazine rings is 1. The van der Waals surface area contributed by atoms with Crippen LogP contribution in [0.25, 0.3) is 0 Å². The normalized spacial score (nSPS) is 16.4. The molecule has 1 saturated heterocycles. The van der Waals surface area contributed by atoms with Crippen molar-refractivity contribution in [2.24, 2.45) is 0 Å². The summed E-state index contributed by atoms with van der Waals surface area (Å²) in [5.41, 5.74) is 2.16. The van der Waals surface area contributed by atoms with Gasteiger partial charge in [0, 0.05) is 58.9 Å². The Bertz CT molecular complexity index is 759. The standard InChI is InChI=1S/C23H31N3O3/c1-19(27)24(2)21-8-10-23(11-9-21)29-18-22(28)17-26-14-12-25(13-15-26)16-20-6-4-3-5-7-20/h3-11,22,28H,12-18H2,1-2H3/t22-/m1/s1. The number of hydrogen-bond acceptors (Lipinski definition) is 5. The zero-order chi connectivity index (χ0) is 20.6. The van der Waals surface area contributed by atoms with E-state index < -0.39 is 6.10 Å². The summed E-state index contributed by atoms with van der Waals surface area (Å²) in [6.07, 6.45) is -0.532. The lowest BCUT2D eigenvalue weighted by atomic mass is 10.2. The van der Waals surface area contributed by atoms with E-state index in [1.165, 1.54) is 12.5 Å². The van der Waals surface area contributed by atoms with E-state index in [0.717, 1.165) is 38.4 Å². The Morgan fingerprint density at radius 2 is 1.66 bits per heavy atom. The highest BCUT2D eigenvalue weighted by molar-refractivity contribution is 5.90. The lowest BCUT2D eigenvalue weighted by Crippen LogP contribution is -2.48. The number of hydrogen-bond donors (Lipinski definition) is 1. The highest BCUT2D eigenvalue weighted by atomic mass is 16.5. The van der Waals surface area contributed by atoms with Gasteiger partial charge in [0.25, 0.3) is 0 Å². The van der Waals surface area contributed by atoms with Gasteiger partial charge in [0.15, 0.2) is 0 Å². The van der Waals surface area contributed by atoms with Crippen molar-refractivity contribution in [3.63, 3.8) is 0 Å². The lowest BCUT2D eigenvalue weighted by Gasteiger charge is -2.35. The minimum absolute atomic E-state index is 0.0158. The van der Waals surface area contributed by atoms with Crippen LogP contribution in [-0.4, -0.2) is 73.3 Å². The molecule has 29 heavy (non-hydrogen) atoms. The molecule has 6 heteroatoms. The Morgan fingerprint density at radius 3 is 2.28 bits per heavy atom. The molecule has 2 aromatic carbocycles. The van der Waals surface area contributed by atoms with Gasteiger partial charge >= 0.3 is 0 Å². The molecule has 0 radical (unpaired) electrons. The third kappa shape index (κ3) is 6.56. The molecule has 2 aromatic rings. The Morgan fingerprint density at radius 1 is 1.03 bits per heavy atom. The van der Waals surface area contributed by atoms with E-state index in [9.17, 15) is 9.90 Å². The summed E-state index contributed by atoms with van der Waals surface area (Å²) >= 11 is 0. The van der Waals surface area contributed by atoms with Crippen molar-refractivity contribution < 1.29 is 14.6 Å². The molecule has 0 bridgehead atoms. The van der Waals surface area contributed by atoms with Gasteiger partial charge in [-0.15, -0.1) is 0 Å². The van der Waals surface area contributed by atoms with E-state index in [1.54, 1.807) is 11.9 Å². The maximum Gasteiger partial charge on any atom is 0.223 e. The fourth-order valence-electron chi connectivity index (χ4n) is 3.46. The van der Waals surface area contributed by atoms with E-state index in [0.29, 0.717) is 12.3 Å². The van der Waals surface area contributed by atoms with Crippen LogP contribution in [0.5, 0.6) is 5.75 Å². The first-order valence-electron chi connectivity index (χ1n) is 10.1. The second-order valence-electron chi connectivity index (χ2n) is 7.60. The molecule has 1 aliphatic heterocycles. The first-order chi connectivity index (χ1) is 14.0. The molecule has 0 saturated carbocycles. The second kappa shape index (κ2) is 10.4. The molecule has 1 atom stereocenters. The van der Waals surface area contributed by atoms with Gasteiger partial charge in [0.2, 0.25) is 5.91 Å². The predicted octanol–water partition coefficient (Wildman–Crippen LogP) is 2.23. The number of rotatable bonds is 8. The van der Waals surface area contributed by atoms with Crippen LogP contribution in [0, 0.1) is 0 Å². The maximum atomic E-state index is 11.4. The summed E-state index contributed by atoms with van der Waals surface area (Å²) in [7, 11) is 1.74. The zero-order valence-electron chi connectivity index (χ0n) is 17.3. The van der Waals surface area contributed by atoms with Gasteiger partial charge < -0.3 is 14.7 Å². The molecule has 1 aliphatic rings. The van der Waals surface area contributed by atoms with Crippen molar-refractivity contribution in [3.05, 3.63) is 60.2 Å². The third-order valence-corrected chi connectivity index (χ3v) is 5.32. The predicted molar refractivity (Wildman–Crippen MR) is 115 cm³/mol. The van der Waals surface area contributed by atoms with E-state index in [1.807, 2.05) is 30.3 Å². The highest BCUT2D eigenvalue weighted by Crippen LogP contribution is 2.19. The first-order valence-corrected chi connectivity index (χ1v) is 10.1. The molecule has 3 rings (SSSR count). The monoisotopic (exact) mass is 397 g/mol. The van der Waals surface area contributed by atoms with Crippen molar-refractivity contribution in [2.75, 3.05) is 51.3 Å². The quantitative estimate of drug-likeness (QED) is 0.740. The van der Waals surface area contributed by atoms with Crippen LogP contribution < -0.4 is 9.64 Å². The summed E-state index contributed by atoms with van der Waals surface area (Å²) in [5, 5.41) is 10.3. The van der Waals surface area contributed by atoms with Gasteiger partial charge in [-0.25, -0.2) is 0 Å². The van der Waals surface area contributed by atoms with E-state index in [2.05, 4.69) is 34.1 Å². The molecular formula is C23H31N3O3. The van der Waals surface area contributed by atoms with E-state index in [-0.39, 0.29) is 12.5 Å². The van der Waals surface area contributed by atoms with Crippen LogP contribution in [-0.2, 0) is 11.3 Å². The minimum atomic E-state index is -0.532. The van der Waals surface area contributed by atoms with Crippen molar-refractivity contribution in [1.82, 2.24) is 9.80 Å². The average Bonchev–Trinajstić information content (AvgIpc) is 2.74. The van der Waals surface area contributed by atoms with Crippen LogP contribution >= 0.6 is 0 Å². The number of amides is 1. The Hall–Kier alpha value is -2.41. The Balaban J connectivity index is 1.37. The topological polar surface area (TPSA) is 56.3 Å². The number of anilines is 1. The summed E-state index contributed by atoms with van der Waals surface area (Å²) in [4.78, 5) is 17.7. The summed E-state index contributed by atoms with van der Waals surface area (Å²) < 4.78 is 5.71. The molecule has 156 valence electrons. The van der Waals surface area contributed by atoms with Crippen molar-refractivity contribution >= 4 is 11.6 Å². The average molecular weight is 398 g/mol.